The smallest absolute Gasteiger partial charge is 0.312 e. The maximum Gasteiger partial charge on any atom is 0.312 e. The molecule has 1 heterocycles. The van der Waals surface area contributed by atoms with Crippen molar-refractivity contribution in [3.05, 3.63) is 57.1 Å². The summed E-state index contributed by atoms with van der Waals surface area (Å²) in [5.41, 5.74) is 0.577. The lowest BCUT2D eigenvalue weighted by Crippen LogP contribution is -2.34. The molecule has 0 saturated carbocycles. The molecule has 1 fully saturated rings. The van der Waals surface area contributed by atoms with Crippen LogP contribution in [-0.2, 0) is 4.79 Å². The van der Waals surface area contributed by atoms with Crippen molar-refractivity contribution in [3.63, 3.8) is 0 Å². The van der Waals surface area contributed by atoms with Gasteiger partial charge in [0.05, 0.1) is 25.2 Å². The topological polar surface area (TPSA) is 91.1 Å². The van der Waals surface area contributed by atoms with Crippen LogP contribution in [0.15, 0.2) is 36.4 Å². The van der Waals surface area contributed by atoms with E-state index in [9.17, 15) is 14.9 Å². The minimum absolute atomic E-state index is 0.00228. The number of carbonyl (C=O) groups is 1. The van der Waals surface area contributed by atoms with E-state index in [1.807, 2.05) is 12.1 Å². The molecule has 0 bridgehead atoms. The highest BCUT2D eigenvalue weighted by Crippen LogP contribution is 2.39. The Kier molecular flexibility index (Phi) is 6.43. The number of carbonyl (C=O) groups excluding carboxylic acids is 1. The summed E-state index contributed by atoms with van der Waals surface area (Å²) in [5, 5.41) is 11.4. The molecule has 1 saturated heterocycles. The van der Waals surface area contributed by atoms with Gasteiger partial charge in [0.25, 0.3) is 5.91 Å². The van der Waals surface area contributed by atoms with Crippen LogP contribution in [-0.4, -0.2) is 43.1 Å². The third-order valence-corrected chi connectivity index (χ3v) is 5.07. The molecule has 1 aliphatic heterocycles. The van der Waals surface area contributed by atoms with Crippen LogP contribution >= 0.6 is 11.6 Å². The lowest BCUT2D eigenvalue weighted by Gasteiger charge is -2.26. The summed E-state index contributed by atoms with van der Waals surface area (Å²) < 4.78 is 16.2. The third kappa shape index (κ3) is 4.54. The van der Waals surface area contributed by atoms with Gasteiger partial charge in [0.2, 0.25) is 0 Å². The summed E-state index contributed by atoms with van der Waals surface area (Å²) in [6, 6.07) is 9.35. The summed E-state index contributed by atoms with van der Waals surface area (Å²) >= 11 is 5.81. The van der Waals surface area contributed by atoms with E-state index in [1.165, 1.54) is 18.2 Å². The second kappa shape index (κ2) is 9.00. The Morgan fingerprint density at radius 1 is 1.21 bits per heavy atom. The predicted octanol–water partition coefficient (Wildman–Crippen LogP) is 4.01. The normalized spacial score (nSPS) is 15.8. The van der Waals surface area contributed by atoms with Crippen molar-refractivity contribution in [1.29, 1.82) is 0 Å². The van der Waals surface area contributed by atoms with Gasteiger partial charge in [-0.15, -0.1) is 0 Å². The van der Waals surface area contributed by atoms with Crippen LogP contribution in [0.5, 0.6) is 17.2 Å². The Labute approximate surface area is 173 Å². The van der Waals surface area contributed by atoms with E-state index in [0.29, 0.717) is 18.0 Å². The van der Waals surface area contributed by atoms with Gasteiger partial charge < -0.3 is 19.1 Å². The van der Waals surface area contributed by atoms with Gasteiger partial charge in [-0.05, 0) is 43.2 Å². The SMILES string of the molecule is COc1ccc(OC)c([C@@H]2CCCN2C(=O)COc2ccc(Cl)cc2[N+](=O)[O-])c1. The Bertz CT molecular complexity index is 920. The molecule has 29 heavy (non-hydrogen) atoms. The fourth-order valence-corrected chi connectivity index (χ4v) is 3.63. The van der Waals surface area contributed by atoms with E-state index in [2.05, 4.69) is 0 Å². The highest BCUT2D eigenvalue weighted by atomic mass is 35.5. The first-order valence-electron chi connectivity index (χ1n) is 9.02. The molecule has 0 radical (unpaired) electrons. The molecule has 1 aliphatic rings. The van der Waals surface area contributed by atoms with Crippen LogP contribution in [0.25, 0.3) is 0 Å². The Morgan fingerprint density at radius 2 is 1.97 bits per heavy atom. The number of rotatable bonds is 7. The molecule has 2 aromatic carbocycles. The van der Waals surface area contributed by atoms with E-state index in [4.69, 9.17) is 25.8 Å². The lowest BCUT2D eigenvalue weighted by atomic mass is 10.0. The molecule has 0 aliphatic carbocycles. The van der Waals surface area contributed by atoms with Gasteiger partial charge in [-0.25, -0.2) is 0 Å². The molecule has 9 heteroatoms. The maximum absolute atomic E-state index is 12.8. The fraction of sp³-hybridized carbons (Fsp3) is 0.350. The molecule has 1 amide bonds. The van der Waals surface area contributed by atoms with Gasteiger partial charge in [-0.2, -0.15) is 0 Å². The molecule has 0 N–H and O–H groups in total. The number of hydrogen-bond acceptors (Lipinski definition) is 6. The van der Waals surface area contributed by atoms with Crippen LogP contribution in [0.3, 0.4) is 0 Å². The molecule has 0 spiro atoms. The van der Waals surface area contributed by atoms with E-state index in [-0.39, 0.29) is 35.0 Å². The number of nitrogens with zero attached hydrogens (tertiary/aromatic N) is 2. The van der Waals surface area contributed by atoms with E-state index < -0.39 is 4.92 Å². The Morgan fingerprint density at radius 3 is 2.66 bits per heavy atom. The van der Waals surface area contributed by atoms with Crippen LogP contribution < -0.4 is 14.2 Å². The minimum Gasteiger partial charge on any atom is -0.497 e. The van der Waals surface area contributed by atoms with Crippen molar-refractivity contribution >= 4 is 23.2 Å². The molecular weight excluding hydrogens is 400 g/mol. The van der Waals surface area contributed by atoms with Crippen molar-refractivity contribution in [3.8, 4) is 17.2 Å². The maximum atomic E-state index is 12.8. The van der Waals surface area contributed by atoms with Gasteiger partial charge in [0, 0.05) is 23.2 Å². The minimum atomic E-state index is -0.592. The van der Waals surface area contributed by atoms with Gasteiger partial charge in [-0.3, -0.25) is 14.9 Å². The number of nitro groups is 1. The number of ether oxygens (including phenoxy) is 3. The summed E-state index contributed by atoms with van der Waals surface area (Å²) in [6.07, 6.45) is 1.61. The predicted molar refractivity (Wildman–Crippen MR) is 107 cm³/mol. The molecule has 154 valence electrons. The first-order valence-corrected chi connectivity index (χ1v) is 9.40. The quantitative estimate of drug-likeness (QED) is 0.496. The average molecular weight is 421 g/mol. The number of benzene rings is 2. The zero-order valence-electron chi connectivity index (χ0n) is 16.1. The molecule has 0 aromatic heterocycles. The molecule has 1 atom stereocenters. The van der Waals surface area contributed by atoms with Crippen LogP contribution in [0.1, 0.15) is 24.4 Å². The Balaban J connectivity index is 1.77. The van der Waals surface area contributed by atoms with Gasteiger partial charge in [0.1, 0.15) is 11.5 Å². The van der Waals surface area contributed by atoms with E-state index >= 15 is 0 Å². The highest BCUT2D eigenvalue weighted by Gasteiger charge is 2.32. The molecule has 3 rings (SSSR count). The van der Waals surface area contributed by atoms with Gasteiger partial charge >= 0.3 is 5.69 Å². The van der Waals surface area contributed by atoms with Crippen molar-refractivity contribution in [2.75, 3.05) is 27.4 Å². The zero-order chi connectivity index (χ0) is 21.0. The zero-order valence-corrected chi connectivity index (χ0v) is 16.8. The first kappa shape index (κ1) is 20.7. The summed E-state index contributed by atoms with van der Waals surface area (Å²) in [7, 11) is 3.16. The number of halogens is 1. The molecule has 8 nitrogen and oxygen atoms in total. The van der Waals surface area contributed by atoms with Crippen molar-refractivity contribution in [2.45, 2.75) is 18.9 Å². The molecule has 0 unspecified atom stereocenters. The number of likely N-dealkylation sites (tertiary alicyclic amines) is 1. The number of hydrogen-bond donors (Lipinski definition) is 0. The lowest BCUT2D eigenvalue weighted by molar-refractivity contribution is -0.385. The third-order valence-electron chi connectivity index (χ3n) is 4.84. The van der Waals surface area contributed by atoms with Gasteiger partial charge in [0.15, 0.2) is 12.4 Å². The monoisotopic (exact) mass is 420 g/mol. The van der Waals surface area contributed by atoms with Crippen LogP contribution in [0.2, 0.25) is 5.02 Å². The van der Waals surface area contributed by atoms with Crippen LogP contribution in [0.4, 0.5) is 5.69 Å². The van der Waals surface area contributed by atoms with E-state index in [0.717, 1.165) is 18.4 Å². The highest BCUT2D eigenvalue weighted by molar-refractivity contribution is 6.30. The van der Waals surface area contributed by atoms with Crippen molar-refractivity contribution in [1.82, 2.24) is 4.90 Å². The standard InChI is InChI=1S/C20H21ClN2O6/c1-27-14-6-8-18(28-2)15(11-14)16-4-3-9-22(16)20(24)12-29-19-7-5-13(21)10-17(19)23(25)26/h5-8,10-11,16H,3-4,9,12H2,1-2H3/t16-/m0/s1. The number of amides is 1. The van der Waals surface area contributed by atoms with Crippen LogP contribution in [0, 0.1) is 10.1 Å². The number of nitro benzene ring substituents is 1. The first-order chi connectivity index (χ1) is 13.9. The second-order valence-corrected chi connectivity index (χ2v) is 6.95. The van der Waals surface area contributed by atoms with Crippen molar-refractivity contribution in [2.24, 2.45) is 0 Å². The molecule has 2 aromatic rings. The summed E-state index contributed by atoms with van der Waals surface area (Å²) in [6.45, 7) is 0.251. The summed E-state index contributed by atoms with van der Waals surface area (Å²) in [4.78, 5) is 25.1. The fourth-order valence-electron chi connectivity index (χ4n) is 3.47. The summed E-state index contributed by atoms with van der Waals surface area (Å²) in [5.74, 6) is 1.09. The van der Waals surface area contributed by atoms with E-state index in [1.54, 1.807) is 25.2 Å². The Hall–Kier alpha value is -3.00. The second-order valence-electron chi connectivity index (χ2n) is 6.51. The molecular formula is C20H21ClN2O6. The van der Waals surface area contributed by atoms with Gasteiger partial charge in [-0.1, -0.05) is 11.6 Å². The van der Waals surface area contributed by atoms with Crippen molar-refractivity contribution < 1.29 is 23.9 Å². The number of methoxy groups -OCH3 is 2. The average Bonchev–Trinajstić information content (AvgIpc) is 3.21. The largest absolute Gasteiger partial charge is 0.497 e.